The molecule has 3 aromatic rings. The van der Waals surface area contributed by atoms with E-state index < -0.39 is 17.2 Å². The fraction of sp³-hybridized carbons (Fsp3) is 0.481. The highest BCUT2D eigenvalue weighted by Gasteiger charge is 2.28. The molecule has 0 aliphatic heterocycles. The van der Waals surface area contributed by atoms with Gasteiger partial charge in [-0.25, -0.2) is 9.78 Å². The highest BCUT2D eigenvalue weighted by atomic mass is 16.6. The lowest BCUT2D eigenvalue weighted by atomic mass is 9.94. The van der Waals surface area contributed by atoms with E-state index in [9.17, 15) is 9.90 Å². The van der Waals surface area contributed by atoms with Crippen LogP contribution < -0.4 is 10.1 Å². The number of ether oxygens (including phenoxy) is 2. The van der Waals surface area contributed by atoms with Crippen molar-refractivity contribution in [3.05, 3.63) is 48.0 Å². The monoisotopic (exact) mass is 468 g/mol. The Morgan fingerprint density at radius 2 is 1.85 bits per heavy atom. The summed E-state index contributed by atoms with van der Waals surface area (Å²) in [6.45, 7) is 9.88. The van der Waals surface area contributed by atoms with Crippen molar-refractivity contribution in [1.29, 1.82) is 0 Å². The zero-order valence-electron chi connectivity index (χ0n) is 20.8. The maximum atomic E-state index is 12.2. The normalized spacial score (nSPS) is 13.5. The molecule has 0 radical (unpaired) electrons. The van der Waals surface area contributed by atoms with Crippen LogP contribution in [-0.2, 0) is 11.2 Å². The van der Waals surface area contributed by atoms with Gasteiger partial charge >= 0.3 is 6.09 Å². The van der Waals surface area contributed by atoms with E-state index >= 15 is 0 Å². The second-order valence-corrected chi connectivity index (χ2v) is 9.89. The summed E-state index contributed by atoms with van der Waals surface area (Å²) in [4.78, 5) is 16.8. The van der Waals surface area contributed by atoms with Gasteiger partial charge < -0.3 is 24.3 Å². The van der Waals surface area contributed by atoms with E-state index in [0.29, 0.717) is 30.9 Å². The van der Waals surface area contributed by atoms with E-state index in [1.165, 1.54) is 0 Å². The lowest BCUT2D eigenvalue weighted by Crippen LogP contribution is -2.50. The molecule has 1 amide bonds. The van der Waals surface area contributed by atoms with Crippen molar-refractivity contribution in [3.8, 4) is 17.2 Å². The number of aromatic nitrogens is 1. The fourth-order valence-corrected chi connectivity index (χ4v) is 3.43. The molecule has 0 aliphatic carbocycles. The lowest BCUT2D eigenvalue weighted by molar-refractivity contribution is 0.0407. The summed E-state index contributed by atoms with van der Waals surface area (Å²) >= 11 is 0. The third kappa shape index (κ3) is 7.22. The molecule has 0 saturated heterocycles. The Balaban J connectivity index is 1.66. The summed E-state index contributed by atoms with van der Waals surface area (Å²) in [5.74, 6) is 1.39. The minimum absolute atomic E-state index is 0.194. The lowest BCUT2D eigenvalue weighted by Gasteiger charge is -2.30. The second-order valence-electron chi connectivity index (χ2n) is 9.89. The van der Waals surface area contributed by atoms with E-state index in [2.05, 4.69) is 17.2 Å². The van der Waals surface area contributed by atoms with Gasteiger partial charge in [0.2, 0.25) is 5.89 Å². The number of carbonyl (C=O) groups excluding carboxylic acids is 1. The van der Waals surface area contributed by atoms with Crippen LogP contribution in [0.1, 0.15) is 59.4 Å². The summed E-state index contributed by atoms with van der Waals surface area (Å²) in [5.41, 5.74) is 2.00. The number of aliphatic hydroxyl groups is 1. The number of nitrogens with one attached hydrogen (secondary N) is 1. The predicted octanol–water partition coefficient (Wildman–Crippen LogP) is 5.88. The number of hydrogen-bond donors (Lipinski definition) is 2. The Hall–Kier alpha value is -3.06. The van der Waals surface area contributed by atoms with Crippen LogP contribution in [-0.4, -0.2) is 40.5 Å². The molecule has 7 nitrogen and oxygen atoms in total. The molecule has 0 bridgehead atoms. The van der Waals surface area contributed by atoms with Crippen LogP contribution in [0.4, 0.5) is 4.79 Å². The highest BCUT2D eigenvalue weighted by molar-refractivity contribution is 5.77. The predicted molar refractivity (Wildman–Crippen MR) is 133 cm³/mol. The van der Waals surface area contributed by atoms with Crippen molar-refractivity contribution in [2.24, 2.45) is 0 Å². The smallest absolute Gasteiger partial charge is 0.408 e. The number of hydrogen-bond acceptors (Lipinski definition) is 6. The first-order valence-corrected chi connectivity index (χ1v) is 11.9. The minimum atomic E-state index is -0.798. The zero-order chi connectivity index (χ0) is 24.8. The van der Waals surface area contributed by atoms with Gasteiger partial charge in [-0.05, 0) is 88.9 Å². The van der Waals surface area contributed by atoms with Gasteiger partial charge in [-0.3, -0.25) is 0 Å². The average Bonchev–Trinajstić information content (AvgIpc) is 3.20. The molecule has 34 heavy (non-hydrogen) atoms. The number of fused-ring (bicyclic) bond motifs is 1. The number of nitrogens with zero attached hydrogens (tertiary/aromatic N) is 1. The molecule has 2 aromatic carbocycles. The Bertz CT molecular complexity index is 1080. The summed E-state index contributed by atoms with van der Waals surface area (Å²) < 4.78 is 17.0. The highest BCUT2D eigenvalue weighted by Crippen LogP contribution is 2.27. The fourth-order valence-electron chi connectivity index (χ4n) is 3.43. The van der Waals surface area contributed by atoms with E-state index in [1.807, 2.05) is 42.5 Å². The van der Waals surface area contributed by atoms with Gasteiger partial charge in [0.25, 0.3) is 0 Å². The van der Waals surface area contributed by atoms with Crippen LogP contribution in [0.3, 0.4) is 0 Å². The molecule has 0 spiro atoms. The van der Waals surface area contributed by atoms with E-state index in [0.717, 1.165) is 35.2 Å². The van der Waals surface area contributed by atoms with Crippen molar-refractivity contribution in [3.63, 3.8) is 0 Å². The number of unbranched alkanes of at least 4 members (excludes halogenated alkanes) is 1. The SMILES string of the molecule is CCCCOc1ccc(-c2nc3cc(CC[C@](C)(CO)NC(=O)OC(C)(C)C)ccc3o2)cc1. The van der Waals surface area contributed by atoms with Crippen LogP contribution in [0, 0.1) is 0 Å². The Morgan fingerprint density at radius 3 is 2.50 bits per heavy atom. The van der Waals surface area contributed by atoms with Gasteiger partial charge in [-0.1, -0.05) is 19.4 Å². The molecular formula is C27H36N2O5. The maximum Gasteiger partial charge on any atom is 0.408 e. The van der Waals surface area contributed by atoms with Gasteiger partial charge in [0.05, 0.1) is 18.8 Å². The molecule has 184 valence electrons. The maximum absolute atomic E-state index is 12.2. The first-order chi connectivity index (χ1) is 16.1. The Morgan fingerprint density at radius 1 is 1.12 bits per heavy atom. The second kappa shape index (κ2) is 10.9. The molecular weight excluding hydrogens is 432 g/mol. The summed E-state index contributed by atoms with van der Waals surface area (Å²) in [6, 6.07) is 13.6. The minimum Gasteiger partial charge on any atom is -0.494 e. The third-order valence-corrected chi connectivity index (χ3v) is 5.44. The molecule has 0 unspecified atom stereocenters. The van der Waals surface area contributed by atoms with Crippen molar-refractivity contribution >= 4 is 17.2 Å². The van der Waals surface area contributed by atoms with Crippen LogP contribution >= 0.6 is 0 Å². The van der Waals surface area contributed by atoms with Gasteiger partial charge in [0, 0.05) is 5.56 Å². The van der Waals surface area contributed by atoms with Crippen LogP contribution in [0.2, 0.25) is 0 Å². The Labute approximate surface area is 201 Å². The van der Waals surface area contributed by atoms with Gasteiger partial charge in [0.15, 0.2) is 5.58 Å². The molecule has 1 aromatic heterocycles. The number of oxazole rings is 1. The van der Waals surface area contributed by atoms with Crippen molar-refractivity contribution in [2.45, 2.75) is 71.4 Å². The molecule has 1 atom stereocenters. The zero-order valence-corrected chi connectivity index (χ0v) is 20.8. The molecule has 0 fully saturated rings. The first-order valence-electron chi connectivity index (χ1n) is 11.9. The summed E-state index contributed by atoms with van der Waals surface area (Å²) in [5, 5.41) is 12.7. The number of aryl methyl sites for hydroxylation is 1. The van der Waals surface area contributed by atoms with E-state index in [1.54, 1.807) is 27.7 Å². The molecule has 1 heterocycles. The van der Waals surface area contributed by atoms with Crippen molar-refractivity contribution in [1.82, 2.24) is 10.3 Å². The number of amides is 1. The molecule has 3 rings (SSSR count). The number of aliphatic hydroxyl groups excluding tert-OH is 1. The van der Waals surface area contributed by atoms with Crippen LogP contribution in [0.5, 0.6) is 5.75 Å². The Kier molecular flexibility index (Phi) is 8.20. The van der Waals surface area contributed by atoms with Crippen molar-refractivity contribution < 1.29 is 23.8 Å². The van der Waals surface area contributed by atoms with Gasteiger partial charge in [0.1, 0.15) is 16.9 Å². The number of benzene rings is 2. The van der Waals surface area contributed by atoms with Crippen LogP contribution in [0.15, 0.2) is 46.9 Å². The molecule has 2 N–H and O–H groups in total. The standard InChI is InChI=1S/C27H36N2O5/c1-6-7-16-32-21-11-9-20(10-12-21)24-28-22-17-19(8-13-23(22)33-24)14-15-27(5,18-30)29-25(31)34-26(2,3)4/h8-13,17,30H,6-7,14-16,18H2,1-5H3,(H,29,31)/t27-/m1/s1. The topological polar surface area (TPSA) is 93.8 Å². The van der Waals surface area contributed by atoms with Crippen molar-refractivity contribution in [2.75, 3.05) is 13.2 Å². The third-order valence-electron chi connectivity index (χ3n) is 5.44. The van der Waals surface area contributed by atoms with E-state index in [-0.39, 0.29) is 6.61 Å². The summed E-state index contributed by atoms with van der Waals surface area (Å²) in [7, 11) is 0. The quantitative estimate of drug-likeness (QED) is 0.361. The largest absolute Gasteiger partial charge is 0.494 e. The molecule has 7 heteroatoms. The van der Waals surface area contributed by atoms with Gasteiger partial charge in [-0.15, -0.1) is 0 Å². The number of alkyl carbamates (subject to hydrolysis) is 1. The molecule has 0 saturated carbocycles. The number of carbonyl (C=O) groups is 1. The van der Waals surface area contributed by atoms with Crippen LogP contribution in [0.25, 0.3) is 22.6 Å². The van der Waals surface area contributed by atoms with Gasteiger partial charge in [-0.2, -0.15) is 0 Å². The summed E-state index contributed by atoms with van der Waals surface area (Å²) in [6.07, 6.45) is 2.78. The molecule has 0 aliphatic rings. The van der Waals surface area contributed by atoms with E-state index in [4.69, 9.17) is 13.9 Å². The average molecular weight is 469 g/mol. The number of rotatable bonds is 10. The first kappa shape index (κ1) is 25.6.